The highest BCUT2D eigenvalue weighted by Gasteiger charge is 2.64. The number of benzene rings is 1. The van der Waals surface area contributed by atoms with E-state index in [1.807, 2.05) is 0 Å². The van der Waals surface area contributed by atoms with Crippen LogP contribution in [0.1, 0.15) is 12.8 Å². The monoisotopic (exact) mass is 349 g/mol. The molecule has 7 heteroatoms. The highest BCUT2D eigenvalue weighted by molar-refractivity contribution is 6.30. The van der Waals surface area contributed by atoms with Crippen LogP contribution < -0.4 is 5.32 Å². The lowest BCUT2D eigenvalue weighted by atomic mass is 9.80. The van der Waals surface area contributed by atoms with Gasteiger partial charge in [-0.05, 0) is 43.0 Å². The number of anilines is 1. The predicted octanol–water partition coefficient (Wildman–Crippen LogP) is 2.02. The molecule has 2 bridgehead atoms. The van der Waals surface area contributed by atoms with Crippen LogP contribution in [0.15, 0.2) is 24.3 Å². The molecule has 0 radical (unpaired) electrons. The van der Waals surface area contributed by atoms with E-state index < -0.39 is 17.8 Å². The number of fused-ring (bicyclic) bond motifs is 1. The van der Waals surface area contributed by atoms with E-state index in [1.54, 1.807) is 24.3 Å². The van der Waals surface area contributed by atoms with Gasteiger partial charge in [0.2, 0.25) is 0 Å². The zero-order valence-corrected chi connectivity index (χ0v) is 13.5. The third-order valence-electron chi connectivity index (χ3n) is 5.23. The van der Waals surface area contributed by atoms with Gasteiger partial charge >= 0.3 is 11.9 Å². The quantitative estimate of drug-likeness (QED) is 0.841. The molecule has 1 aromatic rings. The molecule has 0 unspecified atom stereocenters. The minimum atomic E-state index is -0.476. The van der Waals surface area contributed by atoms with Crippen LogP contribution in [0.25, 0.3) is 0 Å². The normalized spacial score (nSPS) is 32.5. The second kappa shape index (κ2) is 5.77. The molecule has 3 fully saturated rings. The Morgan fingerprint density at radius 3 is 2.75 bits per heavy atom. The Balaban J connectivity index is 1.33. The summed E-state index contributed by atoms with van der Waals surface area (Å²) in [5.74, 6) is -1.79. The van der Waals surface area contributed by atoms with Gasteiger partial charge in [-0.2, -0.15) is 0 Å². The fourth-order valence-corrected chi connectivity index (χ4v) is 4.41. The first-order valence-electron chi connectivity index (χ1n) is 7.95. The maximum Gasteiger partial charge on any atom is 0.310 e. The average Bonchev–Trinajstić information content (AvgIpc) is 3.16. The van der Waals surface area contributed by atoms with Gasteiger partial charge in [-0.1, -0.05) is 11.6 Å². The highest BCUT2D eigenvalue weighted by Crippen LogP contribution is 2.57. The van der Waals surface area contributed by atoms with Crippen LogP contribution in [0.3, 0.4) is 0 Å². The molecule has 1 heterocycles. The Bertz CT molecular complexity index is 701. The Labute approximate surface area is 143 Å². The van der Waals surface area contributed by atoms with Crippen LogP contribution >= 0.6 is 11.6 Å². The fraction of sp³-hybridized carbons (Fsp3) is 0.471. The van der Waals surface area contributed by atoms with Crippen molar-refractivity contribution in [1.82, 2.24) is 0 Å². The Hall–Kier alpha value is -2.08. The summed E-state index contributed by atoms with van der Waals surface area (Å²) in [5.41, 5.74) is 0.572. The third kappa shape index (κ3) is 2.55. The molecule has 126 valence electrons. The van der Waals surface area contributed by atoms with E-state index >= 15 is 0 Å². The van der Waals surface area contributed by atoms with Crippen molar-refractivity contribution < 1.29 is 23.9 Å². The van der Waals surface area contributed by atoms with E-state index in [9.17, 15) is 14.4 Å². The zero-order chi connectivity index (χ0) is 16.8. The summed E-state index contributed by atoms with van der Waals surface area (Å²) in [6.07, 6.45) is 1.53. The molecule has 1 aliphatic heterocycles. The zero-order valence-electron chi connectivity index (χ0n) is 12.7. The SMILES string of the molecule is O=C(COC(=O)[C@H]1[C@H]2C[C@@H]3[C@@H]1C(=O)O[C@@H]3C2)Nc1ccc(Cl)cc1. The number of hydrogen-bond acceptors (Lipinski definition) is 5. The molecular weight excluding hydrogens is 334 g/mol. The van der Waals surface area contributed by atoms with E-state index in [1.165, 1.54) is 0 Å². The van der Waals surface area contributed by atoms with E-state index in [0.29, 0.717) is 10.7 Å². The van der Waals surface area contributed by atoms with Gasteiger partial charge in [0.25, 0.3) is 5.91 Å². The van der Waals surface area contributed by atoms with Crippen molar-refractivity contribution >= 4 is 35.1 Å². The molecule has 5 atom stereocenters. The summed E-state index contributed by atoms with van der Waals surface area (Å²) in [7, 11) is 0. The third-order valence-corrected chi connectivity index (χ3v) is 5.48. The number of nitrogens with one attached hydrogen (secondary N) is 1. The largest absolute Gasteiger partial charge is 0.462 e. The molecule has 2 saturated carbocycles. The van der Waals surface area contributed by atoms with Crippen LogP contribution in [-0.4, -0.2) is 30.6 Å². The van der Waals surface area contributed by atoms with E-state index in [0.717, 1.165) is 12.8 Å². The molecule has 4 rings (SSSR count). The minimum absolute atomic E-state index is 0.0234. The first-order chi connectivity index (χ1) is 11.5. The first-order valence-corrected chi connectivity index (χ1v) is 8.33. The first kappa shape index (κ1) is 15.4. The van der Waals surface area contributed by atoms with Crippen LogP contribution in [0.5, 0.6) is 0 Å². The molecular formula is C17H16ClNO5. The Kier molecular flexibility index (Phi) is 3.72. The summed E-state index contributed by atoms with van der Waals surface area (Å²) >= 11 is 5.78. The Morgan fingerprint density at radius 1 is 1.25 bits per heavy atom. The van der Waals surface area contributed by atoms with Crippen LogP contribution in [-0.2, 0) is 23.9 Å². The van der Waals surface area contributed by atoms with Crippen LogP contribution in [0.4, 0.5) is 5.69 Å². The van der Waals surface area contributed by atoms with E-state index in [4.69, 9.17) is 21.1 Å². The average molecular weight is 350 g/mol. The van der Waals surface area contributed by atoms with Gasteiger partial charge in [0, 0.05) is 16.6 Å². The number of amides is 1. The second-order valence-corrected chi connectivity index (χ2v) is 7.02. The summed E-state index contributed by atoms with van der Waals surface area (Å²) in [6.45, 7) is -0.374. The number of carbonyl (C=O) groups is 3. The van der Waals surface area contributed by atoms with Gasteiger partial charge in [0.15, 0.2) is 6.61 Å². The Morgan fingerprint density at radius 2 is 2.00 bits per heavy atom. The smallest absolute Gasteiger partial charge is 0.310 e. The van der Waals surface area contributed by atoms with Crippen molar-refractivity contribution in [2.75, 3.05) is 11.9 Å². The molecule has 1 aromatic carbocycles. The maximum atomic E-state index is 12.3. The molecule has 2 aliphatic carbocycles. The van der Waals surface area contributed by atoms with Crippen LogP contribution in [0, 0.1) is 23.7 Å². The number of halogens is 1. The van der Waals surface area contributed by atoms with Crippen molar-refractivity contribution in [3.05, 3.63) is 29.3 Å². The van der Waals surface area contributed by atoms with Gasteiger partial charge < -0.3 is 14.8 Å². The predicted molar refractivity (Wildman–Crippen MR) is 84.1 cm³/mol. The van der Waals surface area contributed by atoms with Gasteiger partial charge in [-0.3, -0.25) is 14.4 Å². The molecule has 24 heavy (non-hydrogen) atoms. The second-order valence-electron chi connectivity index (χ2n) is 6.59. The lowest BCUT2D eigenvalue weighted by molar-refractivity contribution is -0.157. The number of hydrogen-bond donors (Lipinski definition) is 1. The minimum Gasteiger partial charge on any atom is -0.462 e. The highest BCUT2D eigenvalue weighted by atomic mass is 35.5. The number of carbonyl (C=O) groups excluding carboxylic acids is 3. The van der Waals surface area contributed by atoms with Crippen molar-refractivity contribution in [2.24, 2.45) is 23.7 Å². The van der Waals surface area contributed by atoms with Crippen molar-refractivity contribution in [1.29, 1.82) is 0 Å². The topological polar surface area (TPSA) is 81.7 Å². The van der Waals surface area contributed by atoms with Crippen molar-refractivity contribution in [3.63, 3.8) is 0 Å². The molecule has 0 aromatic heterocycles. The maximum absolute atomic E-state index is 12.3. The van der Waals surface area contributed by atoms with E-state index in [2.05, 4.69) is 5.32 Å². The standard InChI is InChI=1S/C17H16ClNO5/c18-9-1-3-10(4-2-9)19-13(20)7-23-16(21)14-8-5-11-12(6-8)24-17(22)15(11)14/h1-4,8,11-12,14-15H,5-7H2,(H,19,20)/t8-,11-,12+,14-,15-/m0/s1. The molecule has 1 saturated heterocycles. The molecule has 1 amide bonds. The number of ether oxygens (including phenoxy) is 2. The van der Waals surface area contributed by atoms with Gasteiger partial charge in [0.1, 0.15) is 6.10 Å². The summed E-state index contributed by atoms with van der Waals surface area (Å²) < 4.78 is 10.4. The summed E-state index contributed by atoms with van der Waals surface area (Å²) in [6, 6.07) is 6.63. The van der Waals surface area contributed by atoms with Gasteiger partial charge in [0.05, 0.1) is 11.8 Å². The molecule has 3 aliphatic rings. The lowest BCUT2D eigenvalue weighted by Crippen LogP contribution is -2.34. The number of esters is 2. The van der Waals surface area contributed by atoms with Crippen molar-refractivity contribution in [3.8, 4) is 0 Å². The summed E-state index contributed by atoms with van der Waals surface area (Å²) in [5, 5.41) is 3.19. The number of rotatable bonds is 4. The molecule has 6 nitrogen and oxygen atoms in total. The van der Waals surface area contributed by atoms with Gasteiger partial charge in [-0.25, -0.2) is 0 Å². The van der Waals surface area contributed by atoms with Crippen molar-refractivity contribution in [2.45, 2.75) is 18.9 Å². The molecule has 1 N–H and O–H groups in total. The summed E-state index contributed by atoms with van der Waals surface area (Å²) in [4.78, 5) is 36.1. The van der Waals surface area contributed by atoms with Gasteiger partial charge in [-0.15, -0.1) is 0 Å². The van der Waals surface area contributed by atoms with Crippen LogP contribution in [0.2, 0.25) is 5.02 Å². The fourth-order valence-electron chi connectivity index (χ4n) is 4.29. The lowest BCUT2D eigenvalue weighted by Gasteiger charge is -2.22. The molecule has 0 spiro atoms. The van der Waals surface area contributed by atoms with E-state index in [-0.39, 0.29) is 36.4 Å².